The first-order valence-electron chi connectivity index (χ1n) is 3.88. The van der Waals surface area contributed by atoms with E-state index in [9.17, 15) is 17.6 Å². The van der Waals surface area contributed by atoms with Crippen molar-refractivity contribution in [2.45, 2.75) is 13.0 Å². The number of nitrogen functional groups attached to an aromatic ring is 1. The molecule has 0 amide bonds. The van der Waals surface area contributed by atoms with Crippen molar-refractivity contribution in [3.05, 3.63) is 17.5 Å². The van der Waals surface area contributed by atoms with Crippen LogP contribution in [0.15, 0.2) is 6.07 Å². The molecule has 0 saturated heterocycles. The van der Waals surface area contributed by atoms with Crippen LogP contribution in [0, 0.1) is 11.3 Å². The second-order valence-corrected chi connectivity index (χ2v) is 2.66. The van der Waals surface area contributed by atoms with Gasteiger partial charge in [-0.2, -0.15) is 5.26 Å². The highest BCUT2D eigenvalue weighted by molar-refractivity contribution is 5.57. The Morgan fingerprint density at radius 1 is 1.50 bits per heavy atom. The fourth-order valence-corrected chi connectivity index (χ4v) is 0.950. The molecule has 2 N–H and O–H groups in total. The number of hydrogen-bond acceptors (Lipinski definition) is 4. The monoisotopic (exact) mass is 235 g/mol. The Kier molecular flexibility index (Phi) is 3.17. The summed E-state index contributed by atoms with van der Waals surface area (Å²) in [6.07, 6.45) is -4.96. The van der Waals surface area contributed by atoms with Gasteiger partial charge in [0, 0.05) is 6.07 Å². The first-order chi connectivity index (χ1) is 7.37. The molecule has 0 bridgehead atoms. The number of rotatable bonds is 2. The molecule has 0 aromatic carbocycles. The Balaban J connectivity index is 3.23. The van der Waals surface area contributed by atoms with Crippen molar-refractivity contribution in [2.75, 3.05) is 5.73 Å². The minimum atomic E-state index is -4.96. The minimum Gasteiger partial charge on any atom is -0.403 e. The van der Waals surface area contributed by atoms with Crippen LogP contribution in [0.1, 0.15) is 11.4 Å². The second-order valence-electron chi connectivity index (χ2n) is 2.66. The molecule has 1 aromatic heterocycles. The fourth-order valence-electron chi connectivity index (χ4n) is 0.950. The van der Waals surface area contributed by atoms with Crippen LogP contribution in [-0.2, 0) is 6.67 Å². The Bertz CT molecular complexity index is 438. The predicted octanol–water partition coefficient (Wildman–Crippen LogP) is 1.90. The van der Waals surface area contributed by atoms with Crippen LogP contribution < -0.4 is 10.5 Å². The summed E-state index contributed by atoms with van der Waals surface area (Å²) in [6, 6.07) is 2.17. The summed E-state index contributed by atoms with van der Waals surface area (Å²) < 4.78 is 51.6. The number of halogens is 4. The van der Waals surface area contributed by atoms with Crippen LogP contribution in [-0.4, -0.2) is 11.3 Å². The number of pyridine rings is 1. The minimum absolute atomic E-state index is 0.402. The number of aromatic nitrogens is 1. The molecule has 0 spiro atoms. The number of anilines is 1. The van der Waals surface area contributed by atoms with E-state index in [1.807, 2.05) is 0 Å². The maximum Gasteiger partial charge on any atom is 0.573 e. The lowest BCUT2D eigenvalue weighted by atomic mass is 10.2. The second kappa shape index (κ2) is 4.22. The molecule has 1 aromatic rings. The average Bonchev–Trinajstić information content (AvgIpc) is 2.19. The third-order valence-electron chi connectivity index (χ3n) is 1.57. The number of hydrogen-bond donors (Lipinski definition) is 1. The summed E-state index contributed by atoms with van der Waals surface area (Å²) in [5, 5.41) is 8.46. The lowest BCUT2D eigenvalue weighted by Crippen LogP contribution is -2.19. The first-order valence-corrected chi connectivity index (χ1v) is 3.88. The fraction of sp³-hybridized carbons (Fsp3) is 0.250. The molecule has 86 valence electrons. The molecule has 0 aliphatic rings. The zero-order valence-corrected chi connectivity index (χ0v) is 7.68. The number of ether oxygens (including phenoxy) is 1. The highest BCUT2D eigenvalue weighted by Crippen LogP contribution is 2.30. The van der Waals surface area contributed by atoms with Crippen molar-refractivity contribution in [3.63, 3.8) is 0 Å². The topological polar surface area (TPSA) is 71.9 Å². The largest absolute Gasteiger partial charge is 0.573 e. The average molecular weight is 235 g/mol. The van der Waals surface area contributed by atoms with E-state index in [0.717, 1.165) is 0 Å². The summed E-state index contributed by atoms with van der Waals surface area (Å²) in [7, 11) is 0. The molecule has 16 heavy (non-hydrogen) atoms. The van der Waals surface area contributed by atoms with Crippen LogP contribution in [0.5, 0.6) is 5.75 Å². The van der Waals surface area contributed by atoms with Gasteiger partial charge >= 0.3 is 6.36 Å². The van der Waals surface area contributed by atoms with Gasteiger partial charge in [0.25, 0.3) is 0 Å². The molecule has 0 aliphatic heterocycles. The maximum atomic E-state index is 12.3. The van der Waals surface area contributed by atoms with E-state index < -0.39 is 35.9 Å². The Labute approximate surface area is 87.3 Å². The molecule has 4 nitrogen and oxygen atoms in total. The van der Waals surface area contributed by atoms with Gasteiger partial charge in [0.15, 0.2) is 5.75 Å². The van der Waals surface area contributed by atoms with E-state index in [2.05, 4.69) is 9.72 Å². The number of nitrogens with zero attached hydrogens (tertiary/aromatic N) is 2. The van der Waals surface area contributed by atoms with E-state index in [4.69, 9.17) is 11.0 Å². The summed E-state index contributed by atoms with van der Waals surface area (Å²) in [4.78, 5) is 3.39. The third kappa shape index (κ3) is 2.73. The summed E-state index contributed by atoms with van der Waals surface area (Å²) in [5.74, 6) is -0.827. The number of nitriles is 1. The van der Waals surface area contributed by atoms with E-state index in [0.29, 0.717) is 6.07 Å². The summed E-state index contributed by atoms with van der Waals surface area (Å²) >= 11 is 0. The van der Waals surface area contributed by atoms with Gasteiger partial charge in [-0.1, -0.05) is 0 Å². The molecule has 0 fully saturated rings. The van der Waals surface area contributed by atoms with Gasteiger partial charge in [-0.05, 0) is 0 Å². The van der Waals surface area contributed by atoms with Gasteiger partial charge in [0.05, 0.1) is 11.4 Å². The molecule has 0 aliphatic carbocycles. The van der Waals surface area contributed by atoms with Gasteiger partial charge < -0.3 is 10.5 Å². The van der Waals surface area contributed by atoms with Gasteiger partial charge in [-0.15, -0.1) is 13.2 Å². The van der Waals surface area contributed by atoms with E-state index in [-0.39, 0.29) is 0 Å². The van der Waals surface area contributed by atoms with Gasteiger partial charge in [-0.3, -0.25) is 0 Å². The molecular weight excluding hydrogens is 230 g/mol. The summed E-state index contributed by atoms with van der Waals surface area (Å²) in [5.41, 5.74) is 3.76. The molecule has 8 heteroatoms. The predicted molar refractivity (Wildman–Crippen MR) is 44.9 cm³/mol. The maximum absolute atomic E-state index is 12.3. The highest BCUT2D eigenvalue weighted by Gasteiger charge is 2.32. The molecule has 0 atom stereocenters. The molecular formula is C8H5F4N3O. The van der Waals surface area contributed by atoms with Crippen LogP contribution in [0.4, 0.5) is 23.2 Å². The first kappa shape index (κ1) is 12.0. The van der Waals surface area contributed by atoms with E-state index in [1.54, 1.807) is 0 Å². The zero-order chi connectivity index (χ0) is 12.3. The Hall–Kier alpha value is -2.04. The Morgan fingerprint density at radius 2 is 2.12 bits per heavy atom. The Morgan fingerprint density at radius 3 is 2.56 bits per heavy atom. The quantitative estimate of drug-likeness (QED) is 0.794. The SMILES string of the molecule is N#Cc1cc(OC(F)(F)F)c(N)c(CF)n1. The van der Waals surface area contributed by atoms with Crippen molar-refractivity contribution in [1.82, 2.24) is 4.98 Å². The lowest BCUT2D eigenvalue weighted by Gasteiger charge is -2.12. The van der Waals surface area contributed by atoms with Crippen molar-refractivity contribution in [3.8, 4) is 11.8 Å². The standard InChI is InChI=1S/C8H5F4N3O/c9-2-5-7(14)6(16-8(10,11)12)1-4(3-13)15-5/h1H,2,14H2. The summed E-state index contributed by atoms with van der Waals surface area (Å²) in [6.45, 7) is -1.18. The smallest absolute Gasteiger partial charge is 0.403 e. The zero-order valence-electron chi connectivity index (χ0n) is 7.68. The van der Waals surface area contributed by atoms with Crippen LogP contribution in [0.25, 0.3) is 0 Å². The molecule has 1 rings (SSSR count). The van der Waals surface area contributed by atoms with Crippen LogP contribution in [0.3, 0.4) is 0 Å². The van der Waals surface area contributed by atoms with Crippen LogP contribution >= 0.6 is 0 Å². The number of nitrogens with two attached hydrogens (primary N) is 1. The van der Waals surface area contributed by atoms with Gasteiger partial charge in [-0.25, -0.2) is 9.37 Å². The van der Waals surface area contributed by atoms with E-state index >= 15 is 0 Å². The van der Waals surface area contributed by atoms with Gasteiger partial charge in [0.2, 0.25) is 0 Å². The van der Waals surface area contributed by atoms with Crippen LogP contribution in [0.2, 0.25) is 0 Å². The third-order valence-corrected chi connectivity index (χ3v) is 1.57. The number of alkyl halides is 4. The molecule has 0 saturated carbocycles. The van der Waals surface area contributed by atoms with Crippen molar-refractivity contribution in [1.29, 1.82) is 5.26 Å². The van der Waals surface area contributed by atoms with Gasteiger partial charge in [0.1, 0.15) is 18.4 Å². The van der Waals surface area contributed by atoms with Crippen molar-refractivity contribution < 1.29 is 22.3 Å². The highest BCUT2D eigenvalue weighted by atomic mass is 19.4. The van der Waals surface area contributed by atoms with Crippen molar-refractivity contribution in [2.24, 2.45) is 0 Å². The van der Waals surface area contributed by atoms with Crippen molar-refractivity contribution >= 4 is 5.69 Å². The molecule has 0 unspecified atom stereocenters. The molecule has 1 heterocycles. The normalized spacial score (nSPS) is 10.9. The van der Waals surface area contributed by atoms with E-state index in [1.165, 1.54) is 6.07 Å². The molecule has 0 radical (unpaired) electrons. The lowest BCUT2D eigenvalue weighted by molar-refractivity contribution is -0.274.